The van der Waals surface area contributed by atoms with Crippen molar-refractivity contribution < 1.29 is 4.74 Å². The third kappa shape index (κ3) is 2.68. The van der Waals surface area contributed by atoms with Gasteiger partial charge in [0, 0.05) is 12.8 Å². The molecule has 0 N–H and O–H groups in total. The van der Waals surface area contributed by atoms with Crippen molar-refractivity contribution >= 4 is 23.1 Å². The van der Waals surface area contributed by atoms with Crippen LogP contribution in [0.3, 0.4) is 0 Å². The van der Waals surface area contributed by atoms with E-state index in [1.165, 1.54) is 18.4 Å². The van der Waals surface area contributed by atoms with Gasteiger partial charge in [0.05, 0.1) is 17.8 Å². The molecule has 1 atom stereocenters. The van der Waals surface area contributed by atoms with Gasteiger partial charge in [0.15, 0.2) is 0 Å². The maximum Gasteiger partial charge on any atom is 0.277 e. The van der Waals surface area contributed by atoms with Crippen molar-refractivity contribution in [2.24, 2.45) is 4.99 Å². The van der Waals surface area contributed by atoms with Crippen molar-refractivity contribution in [3.8, 4) is 0 Å². The first kappa shape index (κ1) is 12.7. The second-order valence-electron chi connectivity index (χ2n) is 5.22. The van der Waals surface area contributed by atoms with Gasteiger partial charge in [-0.15, -0.1) is 0 Å². The monoisotopic (exact) mass is 276 g/mol. The summed E-state index contributed by atoms with van der Waals surface area (Å²) in [7, 11) is 0. The average molecular weight is 276 g/mol. The third-order valence-corrected chi connectivity index (χ3v) is 3.88. The Morgan fingerprint density at radius 2 is 2.26 bits per heavy atom. The molecule has 5 heteroatoms. The minimum atomic E-state index is -0.0859. The molecule has 0 radical (unpaired) electrons. The van der Waals surface area contributed by atoms with E-state index in [4.69, 9.17) is 4.74 Å². The Morgan fingerprint density at radius 1 is 1.42 bits per heavy atom. The van der Waals surface area contributed by atoms with Gasteiger partial charge < -0.3 is 9.30 Å². The van der Waals surface area contributed by atoms with Gasteiger partial charge in [0.1, 0.15) is 5.69 Å². The number of aromatic nitrogens is 1. The van der Waals surface area contributed by atoms with Crippen LogP contribution in [0.1, 0.15) is 43.2 Å². The molecule has 0 aromatic carbocycles. The van der Waals surface area contributed by atoms with Crippen LogP contribution in [0.5, 0.6) is 0 Å². The van der Waals surface area contributed by atoms with Crippen molar-refractivity contribution in [1.82, 2.24) is 4.57 Å². The van der Waals surface area contributed by atoms with Crippen molar-refractivity contribution in [2.75, 3.05) is 13.2 Å². The quantitative estimate of drug-likeness (QED) is 0.630. The summed E-state index contributed by atoms with van der Waals surface area (Å²) in [5.41, 5.74) is 1.51. The highest BCUT2D eigenvalue weighted by molar-refractivity contribution is 7.78. The number of pyridine rings is 1. The fourth-order valence-corrected chi connectivity index (χ4v) is 2.69. The van der Waals surface area contributed by atoms with Gasteiger partial charge in [-0.05, 0) is 55.4 Å². The zero-order valence-corrected chi connectivity index (χ0v) is 11.5. The molecule has 100 valence electrons. The van der Waals surface area contributed by atoms with E-state index in [0.717, 1.165) is 19.4 Å². The van der Waals surface area contributed by atoms with Gasteiger partial charge in [-0.1, -0.05) is 0 Å². The highest BCUT2D eigenvalue weighted by atomic mass is 32.1. The molecule has 1 aliphatic heterocycles. The number of aliphatic imine (C=N–C) groups is 1. The normalized spacial score (nSPS) is 22.8. The first-order chi connectivity index (χ1) is 9.29. The van der Waals surface area contributed by atoms with Crippen LogP contribution >= 0.6 is 12.2 Å². The number of isothiocyanates is 1. The van der Waals surface area contributed by atoms with Gasteiger partial charge >= 0.3 is 0 Å². The number of hydrogen-bond donors (Lipinski definition) is 0. The zero-order valence-electron chi connectivity index (χ0n) is 10.7. The summed E-state index contributed by atoms with van der Waals surface area (Å²) in [5, 5.41) is 2.31. The molecule has 1 aromatic rings. The molecule has 2 fully saturated rings. The summed E-state index contributed by atoms with van der Waals surface area (Å²) in [4.78, 5) is 16.3. The smallest absolute Gasteiger partial charge is 0.277 e. The van der Waals surface area contributed by atoms with Crippen LogP contribution in [0.2, 0.25) is 0 Å². The lowest BCUT2D eigenvalue weighted by atomic mass is 10.1. The molecule has 4 nitrogen and oxygen atoms in total. The van der Waals surface area contributed by atoms with E-state index >= 15 is 0 Å². The molecule has 19 heavy (non-hydrogen) atoms. The summed E-state index contributed by atoms with van der Waals surface area (Å²) < 4.78 is 7.27. The van der Waals surface area contributed by atoms with Gasteiger partial charge in [0.25, 0.3) is 5.56 Å². The predicted octanol–water partition coefficient (Wildman–Crippen LogP) is 2.81. The summed E-state index contributed by atoms with van der Waals surface area (Å²) >= 11 is 4.63. The largest absolute Gasteiger partial charge is 0.379 e. The molecular weight excluding hydrogens is 260 g/mol. The highest BCUT2D eigenvalue weighted by Gasteiger charge is 2.27. The number of thiocarbonyl (C=S) groups is 1. The highest BCUT2D eigenvalue weighted by Crippen LogP contribution is 2.40. The molecule has 1 saturated heterocycles. The number of hydrogen-bond acceptors (Lipinski definition) is 4. The fraction of sp³-hybridized carbons (Fsp3) is 0.571. The van der Waals surface area contributed by atoms with E-state index < -0.39 is 0 Å². The number of ether oxygens (including phenoxy) is 1. The Kier molecular flexibility index (Phi) is 3.60. The molecule has 2 heterocycles. The lowest BCUT2D eigenvalue weighted by Crippen LogP contribution is -2.30. The minimum absolute atomic E-state index is 0.0859. The molecule has 0 amide bonds. The summed E-state index contributed by atoms with van der Waals surface area (Å²) in [6.45, 7) is 1.40. The SMILES string of the molecule is O=c1c(N=C=S)cc(C2CC2)cn1C1CCCOC1. The van der Waals surface area contributed by atoms with Gasteiger partial charge in [-0.25, -0.2) is 0 Å². The summed E-state index contributed by atoms with van der Waals surface area (Å²) in [5.74, 6) is 0.579. The number of rotatable bonds is 3. The van der Waals surface area contributed by atoms with Crippen LogP contribution in [-0.2, 0) is 4.74 Å². The zero-order chi connectivity index (χ0) is 13.2. The second kappa shape index (κ2) is 5.37. The van der Waals surface area contributed by atoms with Gasteiger partial charge in [-0.3, -0.25) is 4.79 Å². The van der Waals surface area contributed by atoms with E-state index in [2.05, 4.69) is 22.4 Å². The summed E-state index contributed by atoms with van der Waals surface area (Å²) in [6.07, 6.45) is 6.35. The van der Waals surface area contributed by atoms with E-state index in [0.29, 0.717) is 18.2 Å². The average Bonchev–Trinajstić information content (AvgIpc) is 3.27. The van der Waals surface area contributed by atoms with E-state index in [9.17, 15) is 4.79 Å². The second-order valence-corrected chi connectivity index (χ2v) is 5.40. The molecule has 1 aromatic heterocycles. The van der Waals surface area contributed by atoms with Crippen LogP contribution in [0, 0.1) is 0 Å². The molecule has 1 unspecified atom stereocenters. The van der Waals surface area contributed by atoms with Crippen LogP contribution < -0.4 is 5.56 Å². The molecule has 1 saturated carbocycles. The van der Waals surface area contributed by atoms with E-state index in [-0.39, 0.29) is 11.6 Å². The maximum atomic E-state index is 12.4. The molecule has 0 bridgehead atoms. The Hall–Kier alpha value is -1.29. The van der Waals surface area contributed by atoms with Crippen molar-refractivity contribution in [2.45, 2.75) is 37.6 Å². The molecule has 0 spiro atoms. The van der Waals surface area contributed by atoms with Crippen LogP contribution in [0.15, 0.2) is 22.1 Å². The fourth-order valence-electron chi connectivity index (χ4n) is 2.59. The first-order valence-electron chi connectivity index (χ1n) is 6.71. The molecular formula is C14H16N2O2S. The standard InChI is InChI=1S/C14H16N2O2S/c17-14-13(15-9-19)6-11(10-3-4-10)7-16(14)12-2-1-5-18-8-12/h6-7,10,12H,1-5,8H2. The predicted molar refractivity (Wildman–Crippen MR) is 76.5 cm³/mol. The minimum Gasteiger partial charge on any atom is -0.379 e. The van der Waals surface area contributed by atoms with Crippen molar-refractivity contribution in [1.29, 1.82) is 0 Å². The lowest BCUT2D eigenvalue weighted by molar-refractivity contribution is 0.0580. The molecule has 1 aliphatic carbocycles. The Balaban J connectivity index is 2.05. The number of nitrogens with zero attached hydrogens (tertiary/aromatic N) is 2. The molecule has 2 aliphatic rings. The first-order valence-corrected chi connectivity index (χ1v) is 7.12. The van der Waals surface area contributed by atoms with Crippen LogP contribution in [-0.4, -0.2) is 22.9 Å². The van der Waals surface area contributed by atoms with Gasteiger partial charge in [0.2, 0.25) is 0 Å². The van der Waals surface area contributed by atoms with Crippen molar-refractivity contribution in [3.63, 3.8) is 0 Å². The Morgan fingerprint density at radius 3 is 2.89 bits per heavy atom. The Bertz CT molecular complexity index is 580. The topological polar surface area (TPSA) is 43.6 Å². The summed E-state index contributed by atoms with van der Waals surface area (Å²) in [6, 6.07) is 1.98. The van der Waals surface area contributed by atoms with E-state index in [1.807, 2.05) is 12.3 Å². The van der Waals surface area contributed by atoms with Crippen molar-refractivity contribution in [3.05, 3.63) is 28.2 Å². The Labute approximate surface area is 117 Å². The van der Waals surface area contributed by atoms with E-state index in [1.54, 1.807) is 4.57 Å². The lowest BCUT2D eigenvalue weighted by Gasteiger charge is -2.25. The third-order valence-electron chi connectivity index (χ3n) is 3.79. The van der Waals surface area contributed by atoms with Crippen LogP contribution in [0.25, 0.3) is 0 Å². The van der Waals surface area contributed by atoms with Gasteiger partial charge in [-0.2, -0.15) is 4.99 Å². The maximum absolute atomic E-state index is 12.4. The molecule has 3 rings (SSSR count). The van der Waals surface area contributed by atoms with Crippen LogP contribution in [0.4, 0.5) is 5.69 Å².